The zero-order valence-corrected chi connectivity index (χ0v) is 11.9. The van der Waals surface area contributed by atoms with Crippen molar-refractivity contribution in [1.29, 1.82) is 0 Å². The van der Waals surface area contributed by atoms with Crippen LogP contribution >= 0.6 is 0 Å². The molecule has 0 aliphatic rings. The Bertz CT molecular complexity index is 874. The minimum absolute atomic E-state index is 0.0452. The highest BCUT2D eigenvalue weighted by molar-refractivity contribution is 5.85. The van der Waals surface area contributed by atoms with E-state index in [1.165, 1.54) is 13.2 Å². The zero-order valence-electron chi connectivity index (χ0n) is 11.9. The first-order chi connectivity index (χ1) is 10.6. The summed E-state index contributed by atoms with van der Waals surface area (Å²) in [4.78, 5) is 23.8. The van der Waals surface area contributed by atoms with Gasteiger partial charge in [0.15, 0.2) is 0 Å². The normalized spacial score (nSPS) is 12.4. The molecule has 0 saturated heterocycles. The number of hydrogen-bond donors (Lipinski definition) is 1. The molecule has 5 nitrogen and oxygen atoms in total. The van der Waals surface area contributed by atoms with Crippen LogP contribution in [0, 0.1) is 0 Å². The molecule has 0 fully saturated rings. The van der Waals surface area contributed by atoms with Gasteiger partial charge in [-0.15, -0.1) is 0 Å². The molecule has 2 aromatic heterocycles. The van der Waals surface area contributed by atoms with Crippen LogP contribution in [0.25, 0.3) is 11.0 Å². The van der Waals surface area contributed by atoms with E-state index < -0.39 is 11.5 Å². The van der Waals surface area contributed by atoms with Gasteiger partial charge < -0.3 is 13.9 Å². The summed E-state index contributed by atoms with van der Waals surface area (Å²) in [5, 5.41) is 10.9. The van der Waals surface area contributed by atoms with E-state index in [1.54, 1.807) is 36.4 Å². The molecule has 0 saturated carbocycles. The van der Waals surface area contributed by atoms with Gasteiger partial charge in [-0.2, -0.15) is 0 Å². The van der Waals surface area contributed by atoms with Crippen LogP contribution in [0.15, 0.2) is 56.3 Å². The van der Waals surface area contributed by atoms with Crippen LogP contribution in [-0.2, 0) is 4.79 Å². The van der Waals surface area contributed by atoms with Crippen molar-refractivity contribution in [3.8, 4) is 5.75 Å². The highest BCUT2D eigenvalue weighted by Crippen LogP contribution is 2.36. The fourth-order valence-corrected chi connectivity index (χ4v) is 2.58. The Morgan fingerprint density at radius 2 is 2.00 bits per heavy atom. The Morgan fingerprint density at radius 3 is 2.68 bits per heavy atom. The van der Waals surface area contributed by atoms with Crippen molar-refractivity contribution in [2.24, 2.45) is 0 Å². The molecule has 2 heterocycles. The van der Waals surface area contributed by atoms with Gasteiger partial charge in [0, 0.05) is 6.42 Å². The molecule has 0 aliphatic heterocycles. The third kappa shape index (κ3) is 2.41. The minimum Gasteiger partial charge on any atom is -0.507 e. The molecule has 0 amide bonds. The van der Waals surface area contributed by atoms with Crippen LogP contribution in [-0.4, -0.2) is 10.9 Å². The molecule has 1 N–H and O–H groups in total. The van der Waals surface area contributed by atoms with Crippen molar-refractivity contribution in [1.82, 2.24) is 0 Å². The standard InChI is InChI=1S/C17H14O5/c1-10(18)9-12(13-7-4-8-21-13)15-16(19)11-5-2-3-6-14(11)22-17(15)20/h2-8,12,19H,9H2,1H3/t12-/m0/s1. The summed E-state index contributed by atoms with van der Waals surface area (Å²) < 4.78 is 10.6. The van der Waals surface area contributed by atoms with E-state index >= 15 is 0 Å². The summed E-state index contributed by atoms with van der Waals surface area (Å²) in [7, 11) is 0. The molecule has 0 bridgehead atoms. The van der Waals surface area contributed by atoms with Crippen molar-refractivity contribution >= 4 is 16.8 Å². The van der Waals surface area contributed by atoms with Gasteiger partial charge in [-0.25, -0.2) is 4.79 Å². The first-order valence-electron chi connectivity index (χ1n) is 6.85. The molecular formula is C17H14O5. The highest BCUT2D eigenvalue weighted by Gasteiger charge is 2.27. The first-order valence-corrected chi connectivity index (χ1v) is 6.85. The van der Waals surface area contributed by atoms with E-state index in [0.717, 1.165) is 0 Å². The quantitative estimate of drug-likeness (QED) is 0.748. The van der Waals surface area contributed by atoms with Crippen LogP contribution in [0.1, 0.15) is 30.6 Å². The van der Waals surface area contributed by atoms with Crippen LogP contribution in [0.3, 0.4) is 0 Å². The average molecular weight is 298 g/mol. The van der Waals surface area contributed by atoms with E-state index in [2.05, 4.69) is 0 Å². The van der Waals surface area contributed by atoms with Crippen LogP contribution in [0.5, 0.6) is 5.75 Å². The summed E-state index contributed by atoms with van der Waals surface area (Å²) >= 11 is 0. The Kier molecular flexibility index (Phi) is 3.55. The Morgan fingerprint density at radius 1 is 1.23 bits per heavy atom. The second-order valence-electron chi connectivity index (χ2n) is 5.12. The summed E-state index contributed by atoms with van der Waals surface area (Å²) in [6.45, 7) is 1.43. The number of hydrogen-bond acceptors (Lipinski definition) is 5. The first kappa shape index (κ1) is 14.1. The van der Waals surface area contributed by atoms with Gasteiger partial charge in [-0.1, -0.05) is 12.1 Å². The number of carbonyl (C=O) groups is 1. The Labute approximate surface area is 125 Å². The Hall–Kier alpha value is -2.82. The van der Waals surface area contributed by atoms with Crippen LogP contribution in [0.2, 0.25) is 0 Å². The fraction of sp³-hybridized carbons (Fsp3) is 0.176. The van der Waals surface area contributed by atoms with Gasteiger partial charge in [0.25, 0.3) is 0 Å². The maximum absolute atomic E-state index is 12.3. The molecule has 5 heteroatoms. The summed E-state index contributed by atoms with van der Waals surface area (Å²) in [6, 6.07) is 10.0. The molecule has 1 atom stereocenters. The highest BCUT2D eigenvalue weighted by atomic mass is 16.4. The average Bonchev–Trinajstić information content (AvgIpc) is 3.00. The second-order valence-corrected chi connectivity index (χ2v) is 5.12. The largest absolute Gasteiger partial charge is 0.507 e. The number of furan rings is 1. The fourth-order valence-electron chi connectivity index (χ4n) is 2.58. The van der Waals surface area contributed by atoms with Crippen molar-refractivity contribution in [3.63, 3.8) is 0 Å². The summed E-state index contributed by atoms with van der Waals surface area (Å²) in [5.41, 5.74) is -0.322. The number of fused-ring (bicyclic) bond motifs is 1. The number of benzene rings is 1. The van der Waals surface area contributed by atoms with Crippen molar-refractivity contribution in [3.05, 3.63) is 64.4 Å². The third-order valence-corrected chi connectivity index (χ3v) is 3.55. The van der Waals surface area contributed by atoms with Gasteiger partial charge >= 0.3 is 5.63 Å². The number of rotatable bonds is 4. The molecule has 0 spiro atoms. The van der Waals surface area contributed by atoms with Gasteiger partial charge in [0.1, 0.15) is 22.9 Å². The van der Waals surface area contributed by atoms with Gasteiger partial charge in [-0.05, 0) is 31.2 Å². The van der Waals surface area contributed by atoms with Crippen molar-refractivity contribution in [2.75, 3.05) is 0 Å². The SMILES string of the molecule is CC(=O)C[C@@H](c1ccco1)c1c(O)c2ccccc2oc1=O. The predicted molar refractivity (Wildman–Crippen MR) is 80.0 cm³/mol. The van der Waals surface area contributed by atoms with Gasteiger partial charge in [-0.3, -0.25) is 4.79 Å². The minimum atomic E-state index is -0.673. The number of ketones is 1. The molecule has 0 unspecified atom stereocenters. The third-order valence-electron chi connectivity index (χ3n) is 3.55. The van der Waals surface area contributed by atoms with E-state index in [0.29, 0.717) is 16.7 Å². The lowest BCUT2D eigenvalue weighted by atomic mass is 9.91. The lowest BCUT2D eigenvalue weighted by Crippen LogP contribution is -2.16. The number of aromatic hydroxyl groups is 1. The molecule has 3 aromatic rings. The molecule has 112 valence electrons. The maximum Gasteiger partial charge on any atom is 0.343 e. The van der Waals surface area contributed by atoms with E-state index in [4.69, 9.17) is 8.83 Å². The monoisotopic (exact) mass is 298 g/mol. The smallest absolute Gasteiger partial charge is 0.343 e. The van der Waals surface area contributed by atoms with E-state index in [-0.39, 0.29) is 23.5 Å². The van der Waals surface area contributed by atoms with E-state index in [9.17, 15) is 14.7 Å². The van der Waals surface area contributed by atoms with Crippen LogP contribution in [0.4, 0.5) is 0 Å². The van der Waals surface area contributed by atoms with Gasteiger partial charge in [0.2, 0.25) is 0 Å². The van der Waals surface area contributed by atoms with E-state index in [1.807, 2.05) is 0 Å². The molecular weight excluding hydrogens is 284 g/mol. The molecule has 3 rings (SSSR count). The van der Waals surface area contributed by atoms with Crippen LogP contribution < -0.4 is 5.63 Å². The lowest BCUT2D eigenvalue weighted by Gasteiger charge is -2.14. The lowest BCUT2D eigenvalue weighted by molar-refractivity contribution is -0.117. The molecule has 22 heavy (non-hydrogen) atoms. The zero-order chi connectivity index (χ0) is 15.7. The predicted octanol–water partition coefficient (Wildman–Crippen LogP) is 3.20. The molecule has 0 radical (unpaired) electrons. The Balaban J connectivity index is 2.26. The van der Waals surface area contributed by atoms with Crippen molar-refractivity contribution < 1.29 is 18.7 Å². The maximum atomic E-state index is 12.3. The molecule has 0 aliphatic carbocycles. The number of Topliss-reactive ketones (excluding diaryl/α,β-unsaturated/α-hetero) is 1. The summed E-state index contributed by atoms with van der Waals surface area (Å²) in [6.07, 6.45) is 1.51. The van der Waals surface area contributed by atoms with Gasteiger partial charge in [0.05, 0.1) is 23.1 Å². The molecule has 1 aromatic carbocycles. The second kappa shape index (κ2) is 5.52. The summed E-state index contributed by atoms with van der Waals surface area (Å²) in [5.74, 6) is -0.524. The topological polar surface area (TPSA) is 80.7 Å². The number of para-hydroxylation sites is 1. The van der Waals surface area contributed by atoms with Crippen molar-refractivity contribution in [2.45, 2.75) is 19.3 Å². The number of carbonyl (C=O) groups excluding carboxylic acids is 1.